The van der Waals surface area contributed by atoms with Gasteiger partial charge in [0.2, 0.25) is 5.91 Å². The van der Waals surface area contributed by atoms with E-state index >= 15 is 0 Å². The molecule has 3 rings (SSSR count). The van der Waals surface area contributed by atoms with Gasteiger partial charge in [-0.2, -0.15) is 0 Å². The van der Waals surface area contributed by atoms with Crippen LogP contribution in [0.5, 0.6) is 5.75 Å². The van der Waals surface area contributed by atoms with Crippen molar-refractivity contribution in [1.82, 2.24) is 4.90 Å². The second kappa shape index (κ2) is 10.6. The van der Waals surface area contributed by atoms with Crippen LogP contribution in [0.4, 0.5) is 5.69 Å². The van der Waals surface area contributed by atoms with Gasteiger partial charge in [-0.15, -0.1) is 0 Å². The number of carbonyl (C=O) groups excluding carboxylic acids is 1. The number of carbonyl (C=O) groups is 1. The SMILES string of the molecule is COc1ccc(C(C)C)cc1CN1CCCCCCN(C(C)=O)c2ccccc2C1. The largest absolute Gasteiger partial charge is 0.496 e. The minimum atomic E-state index is 0.125. The molecule has 2 aromatic carbocycles. The number of hydrogen-bond donors (Lipinski definition) is 0. The molecule has 0 saturated heterocycles. The van der Waals surface area contributed by atoms with Crippen LogP contribution in [0.3, 0.4) is 0 Å². The van der Waals surface area contributed by atoms with Gasteiger partial charge >= 0.3 is 0 Å². The molecule has 0 saturated carbocycles. The van der Waals surface area contributed by atoms with E-state index < -0.39 is 0 Å². The Morgan fingerprint density at radius 1 is 1.03 bits per heavy atom. The van der Waals surface area contributed by atoms with Crippen LogP contribution >= 0.6 is 0 Å². The maximum Gasteiger partial charge on any atom is 0.223 e. The third kappa shape index (κ3) is 5.63. The molecule has 1 amide bonds. The highest BCUT2D eigenvalue weighted by atomic mass is 16.5. The van der Waals surface area contributed by atoms with Crippen LogP contribution in [0, 0.1) is 0 Å². The maximum absolute atomic E-state index is 12.4. The van der Waals surface area contributed by atoms with E-state index in [1.807, 2.05) is 11.0 Å². The van der Waals surface area contributed by atoms with Gasteiger partial charge in [0.15, 0.2) is 0 Å². The van der Waals surface area contributed by atoms with Crippen molar-refractivity contribution >= 4 is 11.6 Å². The molecular weight excluding hydrogens is 372 g/mol. The Kier molecular flexibility index (Phi) is 7.92. The average Bonchev–Trinajstić information content (AvgIpc) is 2.76. The zero-order chi connectivity index (χ0) is 21.5. The van der Waals surface area contributed by atoms with Crippen LogP contribution in [-0.2, 0) is 17.9 Å². The van der Waals surface area contributed by atoms with Gasteiger partial charge in [0.25, 0.3) is 0 Å². The van der Waals surface area contributed by atoms with E-state index in [2.05, 4.69) is 55.1 Å². The van der Waals surface area contributed by atoms with E-state index in [1.165, 1.54) is 29.5 Å². The van der Waals surface area contributed by atoms with Crippen LogP contribution in [0.15, 0.2) is 42.5 Å². The number of fused-ring (bicyclic) bond motifs is 1. The monoisotopic (exact) mass is 408 g/mol. The molecule has 162 valence electrons. The summed E-state index contributed by atoms with van der Waals surface area (Å²) in [4.78, 5) is 16.8. The van der Waals surface area contributed by atoms with Gasteiger partial charge in [-0.25, -0.2) is 0 Å². The van der Waals surface area contributed by atoms with Crippen molar-refractivity contribution < 1.29 is 9.53 Å². The smallest absolute Gasteiger partial charge is 0.223 e. The molecule has 1 aliphatic heterocycles. The fourth-order valence-electron chi connectivity index (χ4n) is 4.29. The molecule has 0 aromatic heterocycles. The van der Waals surface area contributed by atoms with E-state index in [0.717, 1.165) is 50.5 Å². The predicted octanol–water partition coefficient (Wildman–Crippen LogP) is 5.75. The van der Waals surface area contributed by atoms with Crippen molar-refractivity contribution in [2.75, 3.05) is 25.1 Å². The van der Waals surface area contributed by atoms with Gasteiger partial charge in [-0.1, -0.05) is 57.0 Å². The summed E-state index contributed by atoms with van der Waals surface area (Å²) in [7, 11) is 1.75. The van der Waals surface area contributed by atoms with E-state index in [-0.39, 0.29) is 5.91 Å². The van der Waals surface area contributed by atoms with Crippen molar-refractivity contribution in [3.63, 3.8) is 0 Å². The van der Waals surface area contributed by atoms with E-state index in [1.54, 1.807) is 14.0 Å². The molecule has 4 nitrogen and oxygen atoms in total. The Hall–Kier alpha value is -2.33. The standard InChI is InChI=1S/C26H36N2O2/c1-20(2)22-13-14-26(30-4)24(17-22)19-27-15-9-5-6-10-16-28(21(3)29)25-12-8-7-11-23(25)18-27/h7-8,11-14,17,20H,5-6,9-10,15-16,18-19H2,1-4H3. The van der Waals surface area contributed by atoms with Gasteiger partial charge in [0, 0.05) is 37.8 Å². The fraction of sp³-hybridized carbons (Fsp3) is 0.500. The number of anilines is 1. The summed E-state index contributed by atoms with van der Waals surface area (Å²) in [5.74, 6) is 1.56. The van der Waals surface area contributed by atoms with Crippen molar-refractivity contribution in [2.45, 2.75) is 65.5 Å². The molecule has 30 heavy (non-hydrogen) atoms. The minimum Gasteiger partial charge on any atom is -0.496 e. The number of ether oxygens (including phenoxy) is 1. The Balaban J connectivity index is 1.92. The topological polar surface area (TPSA) is 32.8 Å². The zero-order valence-corrected chi connectivity index (χ0v) is 19.0. The summed E-state index contributed by atoms with van der Waals surface area (Å²) in [5, 5.41) is 0. The molecule has 1 aliphatic rings. The second-order valence-electron chi connectivity index (χ2n) is 8.65. The van der Waals surface area contributed by atoms with Crippen molar-refractivity contribution in [2.24, 2.45) is 0 Å². The third-order valence-electron chi connectivity index (χ3n) is 6.03. The van der Waals surface area contributed by atoms with E-state index in [0.29, 0.717) is 5.92 Å². The molecule has 2 aromatic rings. The highest BCUT2D eigenvalue weighted by Crippen LogP contribution is 2.28. The van der Waals surface area contributed by atoms with Gasteiger partial charge in [-0.3, -0.25) is 9.69 Å². The molecule has 0 spiro atoms. The fourth-order valence-corrected chi connectivity index (χ4v) is 4.29. The molecule has 0 atom stereocenters. The quantitative estimate of drug-likeness (QED) is 0.646. The summed E-state index contributed by atoms with van der Waals surface area (Å²) in [6.07, 6.45) is 4.58. The Morgan fingerprint density at radius 3 is 2.47 bits per heavy atom. The summed E-state index contributed by atoms with van der Waals surface area (Å²) in [6.45, 7) is 9.65. The number of amides is 1. The number of rotatable bonds is 4. The lowest BCUT2D eigenvalue weighted by atomic mass is 9.99. The Labute approximate surface area is 181 Å². The first-order chi connectivity index (χ1) is 14.5. The first-order valence-electron chi connectivity index (χ1n) is 11.2. The van der Waals surface area contributed by atoms with Crippen LogP contribution in [0.25, 0.3) is 0 Å². The highest BCUT2D eigenvalue weighted by Gasteiger charge is 2.19. The molecule has 0 fully saturated rings. The predicted molar refractivity (Wildman–Crippen MR) is 124 cm³/mol. The highest BCUT2D eigenvalue weighted by molar-refractivity contribution is 5.92. The molecule has 0 unspecified atom stereocenters. The number of benzene rings is 2. The Bertz CT molecular complexity index is 847. The van der Waals surface area contributed by atoms with Gasteiger partial charge in [-0.05, 0) is 48.6 Å². The summed E-state index contributed by atoms with van der Waals surface area (Å²) in [5.41, 5.74) is 4.85. The number of para-hydroxylation sites is 1. The molecule has 4 heteroatoms. The van der Waals surface area contributed by atoms with Gasteiger partial charge < -0.3 is 9.64 Å². The summed E-state index contributed by atoms with van der Waals surface area (Å²) < 4.78 is 5.68. The normalized spacial score (nSPS) is 16.1. The van der Waals surface area contributed by atoms with Crippen molar-refractivity contribution in [3.05, 3.63) is 59.2 Å². The lowest BCUT2D eigenvalue weighted by Gasteiger charge is -2.27. The van der Waals surface area contributed by atoms with Crippen LogP contribution in [0.1, 0.15) is 69.1 Å². The zero-order valence-electron chi connectivity index (χ0n) is 19.0. The molecule has 0 N–H and O–H groups in total. The van der Waals surface area contributed by atoms with E-state index in [9.17, 15) is 4.79 Å². The van der Waals surface area contributed by atoms with Crippen LogP contribution in [-0.4, -0.2) is 31.0 Å². The average molecular weight is 409 g/mol. The molecular formula is C26H36N2O2. The summed E-state index contributed by atoms with van der Waals surface area (Å²) in [6, 6.07) is 14.9. The molecule has 0 bridgehead atoms. The third-order valence-corrected chi connectivity index (χ3v) is 6.03. The van der Waals surface area contributed by atoms with E-state index in [4.69, 9.17) is 4.74 Å². The molecule has 0 radical (unpaired) electrons. The Morgan fingerprint density at radius 2 is 1.77 bits per heavy atom. The minimum absolute atomic E-state index is 0.125. The van der Waals surface area contributed by atoms with Gasteiger partial charge in [0.1, 0.15) is 5.75 Å². The lowest BCUT2D eigenvalue weighted by Crippen LogP contribution is -2.31. The van der Waals surface area contributed by atoms with Crippen molar-refractivity contribution in [1.29, 1.82) is 0 Å². The molecule has 0 aliphatic carbocycles. The maximum atomic E-state index is 12.4. The lowest BCUT2D eigenvalue weighted by molar-refractivity contribution is -0.116. The number of nitrogens with zero attached hydrogens (tertiary/aromatic N) is 2. The van der Waals surface area contributed by atoms with Crippen LogP contribution in [0.2, 0.25) is 0 Å². The number of hydrogen-bond acceptors (Lipinski definition) is 3. The first kappa shape index (κ1) is 22.4. The number of methoxy groups -OCH3 is 1. The summed E-state index contributed by atoms with van der Waals surface area (Å²) >= 11 is 0. The van der Waals surface area contributed by atoms with Crippen molar-refractivity contribution in [3.8, 4) is 5.75 Å². The second-order valence-corrected chi connectivity index (χ2v) is 8.65. The molecule has 1 heterocycles. The van der Waals surface area contributed by atoms with Crippen LogP contribution < -0.4 is 9.64 Å². The first-order valence-corrected chi connectivity index (χ1v) is 11.2. The van der Waals surface area contributed by atoms with Gasteiger partial charge in [0.05, 0.1) is 7.11 Å².